The molecule has 5 nitrogen and oxygen atoms in total. The summed E-state index contributed by atoms with van der Waals surface area (Å²) in [6, 6.07) is 5.02. The Morgan fingerprint density at radius 1 is 1.29 bits per heavy atom. The molecule has 0 radical (unpaired) electrons. The molecule has 0 aliphatic carbocycles. The first-order chi connectivity index (χ1) is 7.70. The van der Waals surface area contributed by atoms with Crippen molar-refractivity contribution in [3.05, 3.63) is 23.8 Å². The molecule has 0 saturated heterocycles. The van der Waals surface area contributed by atoms with Crippen molar-refractivity contribution >= 4 is 27.3 Å². The third kappa shape index (κ3) is 2.12. The number of benzene rings is 1. The van der Waals surface area contributed by atoms with Gasteiger partial charge in [-0.05, 0) is 37.6 Å². The van der Waals surface area contributed by atoms with Gasteiger partial charge in [-0.15, -0.1) is 0 Å². The van der Waals surface area contributed by atoms with E-state index in [2.05, 4.69) is 10.0 Å². The molecule has 1 aliphatic rings. The summed E-state index contributed by atoms with van der Waals surface area (Å²) in [5, 5.41) is 2.76. The molecule has 1 aromatic rings. The van der Waals surface area contributed by atoms with Crippen LogP contribution < -0.4 is 10.0 Å². The molecule has 6 heteroatoms. The van der Waals surface area contributed by atoms with Crippen LogP contribution in [-0.2, 0) is 20.2 Å². The molecule has 0 unspecified atom stereocenters. The fraction of sp³-hybridized carbons (Fsp3) is 0.364. The van der Waals surface area contributed by atoms with Gasteiger partial charge in [-0.25, -0.2) is 8.42 Å². The predicted molar refractivity (Wildman–Crippen MR) is 66.6 cm³/mol. The highest BCUT2D eigenvalue weighted by Crippen LogP contribution is 2.38. The summed E-state index contributed by atoms with van der Waals surface area (Å²) in [6.45, 7) is 3.61. The zero-order valence-electron chi connectivity index (χ0n) is 9.87. The molecular weight excluding hydrogens is 240 g/mol. The summed E-state index contributed by atoms with van der Waals surface area (Å²) in [7, 11) is -3.30. The molecule has 1 aliphatic heterocycles. The summed E-state index contributed by atoms with van der Waals surface area (Å²) in [5.74, 6) is -0.0796. The van der Waals surface area contributed by atoms with E-state index in [1.165, 1.54) is 0 Å². The van der Waals surface area contributed by atoms with Gasteiger partial charge in [0.05, 0.1) is 11.7 Å². The molecule has 0 atom stereocenters. The third-order valence-corrected chi connectivity index (χ3v) is 3.42. The molecule has 2 rings (SSSR count). The van der Waals surface area contributed by atoms with E-state index in [9.17, 15) is 13.2 Å². The molecule has 0 fully saturated rings. The van der Waals surface area contributed by atoms with Crippen molar-refractivity contribution in [3.63, 3.8) is 0 Å². The van der Waals surface area contributed by atoms with E-state index in [4.69, 9.17) is 0 Å². The summed E-state index contributed by atoms with van der Waals surface area (Å²) in [6.07, 6.45) is 1.09. The lowest BCUT2D eigenvalue weighted by Gasteiger charge is -2.15. The first kappa shape index (κ1) is 11.9. The van der Waals surface area contributed by atoms with Crippen LogP contribution >= 0.6 is 0 Å². The lowest BCUT2D eigenvalue weighted by atomic mass is 9.86. The zero-order valence-corrected chi connectivity index (χ0v) is 10.7. The number of sulfonamides is 1. The SMILES string of the molecule is CC1(C)C(=O)Nc2ccc(NS(C)(=O)=O)cc21. The highest BCUT2D eigenvalue weighted by molar-refractivity contribution is 7.92. The van der Waals surface area contributed by atoms with Crippen molar-refractivity contribution in [1.82, 2.24) is 0 Å². The second-order valence-corrected chi connectivity index (χ2v) is 6.46. The van der Waals surface area contributed by atoms with Crippen LogP contribution in [0, 0.1) is 0 Å². The summed E-state index contributed by atoms with van der Waals surface area (Å²) in [5.41, 5.74) is 1.37. The Bertz CT molecular complexity index is 591. The highest BCUT2D eigenvalue weighted by atomic mass is 32.2. The van der Waals surface area contributed by atoms with Crippen LogP contribution in [-0.4, -0.2) is 20.6 Å². The minimum absolute atomic E-state index is 0.0796. The summed E-state index contributed by atoms with van der Waals surface area (Å²) in [4.78, 5) is 11.7. The number of amides is 1. The van der Waals surface area contributed by atoms with Gasteiger partial charge in [-0.2, -0.15) is 0 Å². The minimum atomic E-state index is -3.30. The van der Waals surface area contributed by atoms with Gasteiger partial charge in [0.1, 0.15) is 0 Å². The molecule has 92 valence electrons. The Morgan fingerprint density at radius 3 is 2.53 bits per heavy atom. The molecular formula is C11H14N2O3S. The van der Waals surface area contributed by atoms with Gasteiger partial charge in [0.15, 0.2) is 0 Å². The Kier molecular flexibility index (Phi) is 2.43. The predicted octanol–water partition coefficient (Wildman–Crippen LogP) is 1.29. The summed E-state index contributed by atoms with van der Waals surface area (Å²) < 4.78 is 24.7. The number of carbonyl (C=O) groups excluding carboxylic acids is 1. The van der Waals surface area contributed by atoms with Gasteiger partial charge in [-0.1, -0.05) is 0 Å². The van der Waals surface area contributed by atoms with E-state index in [1.54, 1.807) is 32.0 Å². The third-order valence-electron chi connectivity index (χ3n) is 2.81. The van der Waals surface area contributed by atoms with Crippen LogP contribution in [0.5, 0.6) is 0 Å². The lowest BCUT2D eigenvalue weighted by molar-refractivity contribution is -0.119. The number of hydrogen-bond acceptors (Lipinski definition) is 3. The first-order valence-electron chi connectivity index (χ1n) is 5.14. The van der Waals surface area contributed by atoms with Gasteiger partial charge < -0.3 is 5.32 Å². The normalized spacial score (nSPS) is 17.5. The standard InChI is InChI=1S/C11H14N2O3S/c1-11(2)8-6-7(13-17(3,15)16)4-5-9(8)12-10(11)14/h4-6,13H,1-3H3,(H,12,14). The number of anilines is 2. The molecule has 1 aromatic carbocycles. The Hall–Kier alpha value is -1.56. The Balaban J connectivity index is 2.46. The average Bonchev–Trinajstić information content (AvgIpc) is 2.37. The van der Waals surface area contributed by atoms with Crippen LogP contribution in [0.15, 0.2) is 18.2 Å². The van der Waals surface area contributed by atoms with E-state index in [-0.39, 0.29) is 5.91 Å². The van der Waals surface area contributed by atoms with Crippen molar-refractivity contribution in [3.8, 4) is 0 Å². The van der Waals surface area contributed by atoms with Crippen molar-refractivity contribution in [2.45, 2.75) is 19.3 Å². The minimum Gasteiger partial charge on any atom is -0.325 e. The molecule has 0 bridgehead atoms. The number of nitrogens with one attached hydrogen (secondary N) is 2. The maximum absolute atomic E-state index is 11.7. The number of hydrogen-bond donors (Lipinski definition) is 2. The molecule has 0 spiro atoms. The van der Waals surface area contributed by atoms with E-state index < -0.39 is 15.4 Å². The smallest absolute Gasteiger partial charge is 0.234 e. The highest BCUT2D eigenvalue weighted by Gasteiger charge is 2.38. The molecule has 17 heavy (non-hydrogen) atoms. The van der Waals surface area contributed by atoms with Crippen LogP contribution in [0.25, 0.3) is 0 Å². The van der Waals surface area contributed by atoms with E-state index in [0.717, 1.165) is 17.5 Å². The number of carbonyl (C=O) groups is 1. The lowest BCUT2D eigenvalue weighted by Crippen LogP contribution is -2.26. The monoisotopic (exact) mass is 254 g/mol. The zero-order chi connectivity index (χ0) is 12.8. The Morgan fingerprint density at radius 2 is 1.94 bits per heavy atom. The van der Waals surface area contributed by atoms with Crippen molar-refractivity contribution in [1.29, 1.82) is 0 Å². The maximum atomic E-state index is 11.7. The molecule has 0 aromatic heterocycles. The topological polar surface area (TPSA) is 75.3 Å². The Labute approximate surface area is 100 Å². The van der Waals surface area contributed by atoms with Crippen molar-refractivity contribution < 1.29 is 13.2 Å². The van der Waals surface area contributed by atoms with E-state index in [0.29, 0.717) is 5.69 Å². The fourth-order valence-electron chi connectivity index (χ4n) is 1.85. The van der Waals surface area contributed by atoms with Gasteiger partial charge in [-0.3, -0.25) is 9.52 Å². The van der Waals surface area contributed by atoms with Crippen LogP contribution in [0.2, 0.25) is 0 Å². The molecule has 1 heterocycles. The maximum Gasteiger partial charge on any atom is 0.234 e. The van der Waals surface area contributed by atoms with Crippen LogP contribution in [0.3, 0.4) is 0 Å². The van der Waals surface area contributed by atoms with E-state index >= 15 is 0 Å². The molecule has 0 saturated carbocycles. The van der Waals surface area contributed by atoms with E-state index in [1.807, 2.05) is 0 Å². The molecule has 1 amide bonds. The number of fused-ring (bicyclic) bond motifs is 1. The first-order valence-corrected chi connectivity index (χ1v) is 7.03. The van der Waals surface area contributed by atoms with Gasteiger partial charge in [0.25, 0.3) is 0 Å². The second kappa shape index (κ2) is 3.46. The van der Waals surface area contributed by atoms with Gasteiger partial charge >= 0.3 is 0 Å². The van der Waals surface area contributed by atoms with Gasteiger partial charge in [0.2, 0.25) is 15.9 Å². The second-order valence-electron chi connectivity index (χ2n) is 4.71. The fourth-order valence-corrected chi connectivity index (χ4v) is 2.40. The largest absolute Gasteiger partial charge is 0.325 e. The van der Waals surface area contributed by atoms with Crippen LogP contribution in [0.1, 0.15) is 19.4 Å². The quantitative estimate of drug-likeness (QED) is 0.835. The van der Waals surface area contributed by atoms with Gasteiger partial charge in [0, 0.05) is 11.4 Å². The molecule has 2 N–H and O–H groups in total. The number of rotatable bonds is 2. The van der Waals surface area contributed by atoms with Crippen molar-refractivity contribution in [2.75, 3.05) is 16.3 Å². The van der Waals surface area contributed by atoms with Crippen molar-refractivity contribution in [2.24, 2.45) is 0 Å². The summed E-state index contributed by atoms with van der Waals surface area (Å²) >= 11 is 0. The van der Waals surface area contributed by atoms with Crippen LogP contribution in [0.4, 0.5) is 11.4 Å². The average molecular weight is 254 g/mol.